The molecule has 0 radical (unpaired) electrons. The molecule has 0 bridgehead atoms. The molecule has 1 heterocycles. The number of anilines is 2. The van der Waals surface area contributed by atoms with Crippen LogP contribution in [0.15, 0.2) is 71.7 Å². The molecule has 3 aromatic carbocycles. The summed E-state index contributed by atoms with van der Waals surface area (Å²) in [4.78, 5) is 31.2. The summed E-state index contributed by atoms with van der Waals surface area (Å²) in [5.41, 5.74) is 1.18. The van der Waals surface area contributed by atoms with Gasteiger partial charge in [0.2, 0.25) is 6.17 Å². The van der Waals surface area contributed by atoms with Crippen LogP contribution in [0.4, 0.5) is 29.3 Å². The van der Waals surface area contributed by atoms with Gasteiger partial charge >= 0.3 is 6.03 Å². The summed E-state index contributed by atoms with van der Waals surface area (Å²) < 4.78 is 41.4. The fraction of sp³-hybridized carbons (Fsp3) is 0.0870. The Hall–Kier alpha value is -4.14. The molecule has 3 amide bonds. The second-order valence-electron chi connectivity index (χ2n) is 7.03. The van der Waals surface area contributed by atoms with Crippen LogP contribution in [0.1, 0.15) is 11.1 Å². The highest BCUT2D eigenvalue weighted by molar-refractivity contribution is 6.20. The number of benzene rings is 3. The van der Waals surface area contributed by atoms with Gasteiger partial charge in [-0.2, -0.15) is 0 Å². The van der Waals surface area contributed by atoms with E-state index >= 15 is 0 Å². The maximum Gasteiger partial charge on any atom is 0.321 e. The monoisotopic (exact) mass is 438 g/mol. The van der Waals surface area contributed by atoms with Crippen molar-refractivity contribution in [3.63, 3.8) is 0 Å². The average molecular weight is 438 g/mol. The number of benzodiazepines with no additional fused rings is 1. The molecular formula is C23H17F3N4O2. The van der Waals surface area contributed by atoms with Crippen molar-refractivity contribution in [2.45, 2.75) is 6.17 Å². The van der Waals surface area contributed by atoms with Crippen molar-refractivity contribution < 1.29 is 22.8 Å². The zero-order chi connectivity index (χ0) is 22.8. The molecule has 32 heavy (non-hydrogen) atoms. The molecule has 3 aromatic rings. The maximum atomic E-state index is 14.6. The van der Waals surface area contributed by atoms with Gasteiger partial charge in [-0.25, -0.2) is 23.0 Å². The van der Waals surface area contributed by atoms with Crippen LogP contribution in [0, 0.1) is 17.5 Å². The SMILES string of the molecule is CN1C(=O)C(NC(=O)Nc2cc(F)cc(F)c2)N=C(c2ccccc2F)c2ccccc21. The van der Waals surface area contributed by atoms with E-state index in [9.17, 15) is 22.8 Å². The van der Waals surface area contributed by atoms with Gasteiger partial charge in [0.25, 0.3) is 5.91 Å². The molecular weight excluding hydrogens is 421 g/mol. The molecule has 9 heteroatoms. The predicted molar refractivity (Wildman–Crippen MR) is 114 cm³/mol. The lowest BCUT2D eigenvalue weighted by atomic mass is 10.00. The molecule has 0 saturated carbocycles. The van der Waals surface area contributed by atoms with E-state index in [1.165, 1.54) is 30.1 Å². The van der Waals surface area contributed by atoms with E-state index < -0.39 is 35.6 Å². The third-order valence-electron chi connectivity index (χ3n) is 4.86. The summed E-state index contributed by atoms with van der Waals surface area (Å²) in [7, 11) is 1.51. The number of hydrogen-bond donors (Lipinski definition) is 2. The quantitative estimate of drug-likeness (QED) is 0.647. The van der Waals surface area contributed by atoms with E-state index in [0.717, 1.165) is 12.1 Å². The van der Waals surface area contributed by atoms with Gasteiger partial charge in [-0.1, -0.05) is 30.3 Å². The Kier molecular flexibility index (Phi) is 5.63. The Morgan fingerprint density at radius 3 is 2.25 bits per heavy atom. The molecule has 0 saturated heterocycles. The highest BCUT2D eigenvalue weighted by Crippen LogP contribution is 2.28. The van der Waals surface area contributed by atoms with Gasteiger partial charge in [0.05, 0.1) is 11.4 Å². The summed E-state index contributed by atoms with van der Waals surface area (Å²) >= 11 is 0. The number of nitrogens with zero attached hydrogens (tertiary/aromatic N) is 2. The number of fused-ring (bicyclic) bond motifs is 1. The van der Waals surface area contributed by atoms with Crippen LogP contribution in [0.25, 0.3) is 0 Å². The van der Waals surface area contributed by atoms with Gasteiger partial charge < -0.3 is 15.5 Å². The number of hydrogen-bond acceptors (Lipinski definition) is 3. The van der Waals surface area contributed by atoms with E-state index in [-0.39, 0.29) is 17.0 Å². The second-order valence-corrected chi connectivity index (χ2v) is 7.03. The molecule has 1 aliphatic heterocycles. The highest BCUT2D eigenvalue weighted by atomic mass is 19.1. The number of rotatable bonds is 3. The van der Waals surface area contributed by atoms with Crippen LogP contribution >= 0.6 is 0 Å². The van der Waals surface area contributed by atoms with Crippen molar-refractivity contribution >= 4 is 29.0 Å². The lowest BCUT2D eigenvalue weighted by molar-refractivity contribution is -0.119. The molecule has 0 aromatic heterocycles. The third-order valence-corrected chi connectivity index (χ3v) is 4.86. The molecule has 1 atom stereocenters. The Bertz CT molecular complexity index is 1230. The number of amides is 3. The number of carbonyl (C=O) groups is 2. The van der Waals surface area contributed by atoms with Gasteiger partial charge in [0.1, 0.15) is 17.5 Å². The molecule has 6 nitrogen and oxygen atoms in total. The molecule has 1 aliphatic rings. The van der Waals surface area contributed by atoms with Crippen molar-refractivity contribution in [2.75, 3.05) is 17.3 Å². The minimum Gasteiger partial charge on any atom is -0.311 e. The number of halogens is 3. The molecule has 4 rings (SSSR count). The Morgan fingerprint density at radius 1 is 0.938 bits per heavy atom. The van der Waals surface area contributed by atoms with Crippen LogP contribution in [-0.2, 0) is 4.79 Å². The minimum absolute atomic E-state index is 0.143. The van der Waals surface area contributed by atoms with Crippen LogP contribution < -0.4 is 15.5 Å². The molecule has 2 N–H and O–H groups in total. The summed E-state index contributed by atoms with van der Waals surface area (Å²) in [6, 6.07) is 14.4. The fourth-order valence-electron chi connectivity index (χ4n) is 3.40. The maximum absolute atomic E-state index is 14.6. The first kappa shape index (κ1) is 21.1. The summed E-state index contributed by atoms with van der Waals surface area (Å²) in [5, 5.41) is 4.65. The topological polar surface area (TPSA) is 73.8 Å². The summed E-state index contributed by atoms with van der Waals surface area (Å²) in [6.07, 6.45) is -1.42. The smallest absolute Gasteiger partial charge is 0.311 e. The second kappa shape index (κ2) is 8.54. The Morgan fingerprint density at radius 2 is 1.56 bits per heavy atom. The summed E-state index contributed by atoms with van der Waals surface area (Å²) in [6.45, 7) is 0. The molecule has 1 unspecified atom stereocenters. The van der Waals surface area contributed by atoms with Crippen LogP contribution in [0.3, 0.4) is 0 Å². The zero-order valence-corrected chi connectivity index (χ0v) is 16.8. The molecule has 0 aliphatic carbocycles. The molecule has 162 valence electrons. The normalized spacial score (nSPS) is 15.5. The number of nitrogens with one attached hydrogen (secondary N) is 2. The number of urea groups is 1. The van der Waals surface area contributed by atoms with Gasteiger partial charge in [-0.05, 0) is 30.3 Å². The van der Waals surface area contributed by atoms with Crippen molar-refractivity contribution in [3.8, 4) is 0 Å². The molecule has 0 spiro atoms. The van der Waals surface area contributed by atoms with E-state index in [1.807, 2.05) is 0 Å². The molecule has 0 fully saturated rings. The van der Waals surface area contributed by atoms with Crippen molar-refractivity contribution in [1.82, 2.24) is 5.32 Å². The van der Waals surface area contributed by atoms with Gasteiger partial charge in [0, 0.05) is 29.9 Å². The van der Waals surface area contributed by atoms with E-state index in [4.69, 9.17) is 0 Å². The van der Waals surface area contributed by atoms with Gasteiger partial charge in [-0.15, -0.1) is 0 Å². The van der Waals surface area contributed by atoms with Crippen molar-refractivity contribution in [3.05, 3.63) is 95.3 Å². The first-order valence-electron chi connectivity index (χ1n) is 9.57. The average Bonchev–Trinajstić information content (AvgIpc) is 2.84. The number of likely N-dealkylation sites (N-methyl/N-ethyl adjacent to an activating group) is 1. The largest absolute Gasteiger partial charge is 0.321 e. The first-order chi connectivity index (χ1) is 15.3. The van der Waals surface area contributed by atoms with Gasteiger partial charge in [0.15, 0.2) is 0 Å². The number of para-hydroxylation sites is 1. The predicted octanol–water partition coefficient (Wildman–Crippen LogP) is 4.07. The van der Waals surface area contributed by atoms with Crippen molar-refractivity contribution in [1.29, 1.82) is 0 Å². The highest BCUT2D eigenvalue weighted by Gasteiger charge is 2.31. The minimum atomic E-state index is -1.42. The van der Waals surface area contributed by atoms with Gasteiger partial charge in [-0.3, -0.25) is 4.79 Å². The standard InChI is InChI=1S/C23H17F3N4O2/c1-30-19-9-5-3-7-17(19)20(16-6-2-4-8-18(16)26)28-21(22(30)31)29-23(32)27-15-11-13(24)10-14(25)12-15/h2-12,21H,1H3,(H2,27,29,32). The Balaban J connectivity index is 1.71. The lowest BCUT2D eigenvalue weighted by Crippen LogP contribution is -2.47. The fourth-order valence-corrected chi connectivity index (χ4v) is 3.40. The lowest BCUT2D eigenvalue weighted by Gasteiger charge is -2.21. The van der Waals surface area contributed by atoms with E-state index in [2.05, 4.69) is 15.6 Å². The number of aliphatic imine (C=N–C) groups is 1. The van der Waals surface area contributed by atoms with E-state index in [1.54, 1.807) is 30.3 Å². The number of carbonyl (C=O) groups excluding carboxylic acids is 2. The van der Waals surface area contributed by atoms with Crippen LogP contribution in [0.5, 0.6) is 0 Å². The third kappa shape index (κ3) is 4.18. The van der Waals surface area contributed by atoms with Crippen LogP contribution in [0.2, 0.25) is 0 Å². The zero-order valence-electron chi connectivity index (χ0n) is 16.8. The van der Waals surface area contributed by atoms with Crippen LogP contribution in [-0.4, -0.2) is 30.9 Å². The first-order valence-corrected chi connectivity index (χ1v) is 9.57. The summed E-state index contributed by atoms with van der Waals surface area (Å²) in [5.74, 6) is -2.87. The van der Waals surface area contributed by atoms with Crippen molar-refractivity contribution in [2.24, 2.45) is 4.99 Å². The van der Waals surface area contributed by atoms with E-state index in [0.29, 0.717) is 17.3 Å². The Labute approximate surface area is 181 Å².